The van der Waals surface area contributed by atoms with Crippen LogP contribution in [0.25, 0.3) is 22.3 Å². The number of methoxy groups -OCH3 is 1. The number of rotatable bonds is 9. The summed E-state index contributed by atoms with van der Waals surface area (Å²) in [6.07, 6.45) is -2.16. The third-order valence-corrected chi connectivity index (χ3v) is 5.37. The van der Waals surface area contributed by atoms with Crippen LogP contribution in [0.4, 0.5) is 30.7 Å². The Morgan fingerprint density at radius 3 is 1.74 bits per heavy atom. The van der Waals surface area contributed by atoms with Crippen LogP contribution in [-0.2, 0) is 6.42 Å². The van der Waals surface area contributed by atoms with E-state index < -0.39 is 31.5 Å². The number of carbonyl (C=O) groups is 1. The maximum Gasteiger partial charge on any atom is 0.422 e. The fourth-order valence-corrected chi connectivity index (χ4v) is 3.35. The number of pyridine rings is 4. The summed E-state index contributed by atoms with van der Waals surface area (Å²) in [6.45, 7) is -0.920. The highest BCUT2D eigenvalue weighted by atomic mass is 19.4. The molecule has 8 nitrogen and oxygen atoms in total. The molecule has 4 heterocycles. The first-order valence-corrected chi connectivity index (χ1v) is 12.3. The summed E-state index contributed by atoms with van der Waals surface area (Å²) in [5.74, 6) is -0.704. The Morgan fingerprint density at radius 2 is 1.30 bits per heavy atom. The average Bonchev–Trinajstić information content (AvgIpc) is 2.99. The van der Waals surface area contributed by atoms with Crippen LogP contribution in [0.1, 0.15) is 22.8 Å². The number of nitrogens with zero attached hydrogens (tertiary/aromatic N) is 4. The van der Waals surface area contributed by atoms with Crippen LogP contribution in [0, 0.1) is 5.95 Å². The van der Waals surface area contributed by atoms with Crippen molar-refractivity contribution in [1.29, 1.82) is 0 Å². The number of ether oxygens (including phenoxy) is 3. The molecule has 0 spiro atoms. The molecule has 4 aromatic rings. The monoisotopic (exact) mass is 612 g/mol. The molecule has 0 amide bonds. The number of carbonyl (C=O) groups excluding carboxylic acids is 1. The van der Waals surface area contributed by atoms with Gasteiger partial charge in [-0.25, -0.2) is 19.9 Å². The van der Waals surface area contributed by atoms with Gasteiger partial charge in [0.05, 0.1) is 7.11 Å². The maximum absolute atomic E-state index is 13.7. The summed E-state index contributed by atoms with van der Waals surface area (Å²) < 4.78 is 100.0. The van der Waals surface area contributed by atoms with Crippen molar-refractivity contribution in [2.24, 2.45) is 0 Å². The Bertz CT molecular complexity index is 1500. The van der Waals surface area contributed by atoms with E-state index in [9.17, 15) is 35.5 Å². The van der Waals surface area contributed by atoms with Gasteiger partial charge in [-0.15, -0.1) is 0 Å². The molecule has 0 saturated heterocycles. The molecule has 4 rings (SSSR count). The highest BCUT2D eigenvalue weighted by molar-refractivity contribution is 5.79. The minimum Gasteiger partial charge on any atom is -0.481 e. The van der Waals surface area contributed by atoms with Crippen molar-refractivity contribution >= 4 is 6.29 Å². The first-order valence-electron chi connectivity index (χ1n) is 12.3. The predicted octanol–water partition coefficient (Wildman–Crippen LogP) is 6.69. The third kappa shape index (κ3) is 10.2. The minimum absolute atomic E-state index is 0.153. The molecule has 0 aliphatic heterocycles. The van der Waals surface area contributed by atoms with Gasteiger partial charge in [0.15, 0.2) is 19.5 Å². The first-order chi connectivity index (χ1) is 20.3. The summed E-state index contributed by atoms with van der Waals surface area (Å²) >= 11 is 0. The normalized spacial score (nSPS) is 11.3. The van der Waals surface area contributed by atoms with Gasteiger partial charge < -0.3 is 14.2 Å². The Hall–Kier alpha value is -4.82. The molecule has 43 heavy (non-hydrogen) atoms. The molecular weight excluding hydrogens is 589 g/mol. The van der Waals surface area contributed by atoms with Gasteiger partial charge in [-0.1, -0.05) is 6.92 Å². The molecule has 0 fully saturated rings. The van der Waals surface area contributed by atoms with Crippen LogP contribution in [-0.4, -0.2) is 58.9 Å². The Morgan fingerprint density at radius 1 is 0.744 bits per heavy atom. The van der Waals surface area contributed by atoms with Gasteiger partial charge in [-0.2, -0.15) is 30.7 Å². The van der Waals surface area contributed by atoms with Crippen molar-refractivity contribution in [2.75, 3.05) is 20.3 Å². The van der Waals surface area contributed by atoms with Crippen molar-refractivity contribution in [3.63, 3.8) is 0 Å². The van der Waals surface area contributed by atoms with Crippen molar-refractivity contribution in [2.45, 2.75) is 25.7 Å². The van der Waals surface area contributed by atoms with Crippen LogP contribution in [0.5, 0.6) is 17.6 Å². The summed E-state index contributed by atoms with van der Waals surface area (Å²) in [6, 6.07) is 8.69. The molecule has 0 atom stereocenters. The Kier molecular flexibility index (Phi) is 10.9. The summed E-state index contributed by atoms with van der Waals surface area (Å²) in [4.78, 5) is 26.0. The molecule has 0 N–H and O–H groups in total. The average molecular weight is 613 g/mol. The first kappa shape index (κ1) is 32.7. The van der Waals surface area contributed by atoms with Crippen molar-refractivity contribution < 1.29 is 49.7 Å². The van der Waals surface area contributed by atoms with E-state index in [-0.39, 0.29) is 23.2 Å². The summed E-state index contributed by atoms with van der Waals surface area (Å²) in [5, 5.41) is 0. The topological polar surface area (TPSA) is 96.3 Å². The lowest BCUT2D eigenvalue weighted by atomic mass is 10.1. The molecule has 4 aromatic heterocycles. The van der Waals surface area contributed by atoms with Gasteiger partial charge in [0, 0.05) is 64.7 Å². The quantitative estimate of drug-likeness (QED) is 0.117. The fraction of sp³-hybridized carbons (Fsp3) is 0.250. The van der Waals surface area contributed by atoms with Gasteiger partial charge in [-0.3, -0.25) is 4.79 Å². The zero-order valence-corrected chi connectivity index (χ0v) is 22.5. The van der Waals surface area contributed by atoms with E-state index >= 15 is 0 Å². The largest absolute Gasteiger partial charge is 0.481 e. The number of aromatic nitrogens is 4. The maximum atomic E-state index is 13.7. The van der Waals surface area contributed by atoms with Crippen LogP contribution in [0.3, 0.4) is 0 Å². The van der Waals surface area contributed by atoms with Crippen molar-refractivity contribution in [1.82, 2.24) is 19.9 Å². The second-order valence-electron chi connectivity index (χ2n) is 8.56. The molecule has 15 heteroatoms. The lowest BCUT2D eigenvalue weighted by Gasteiger charge is -2.10. The second kappa shape index (κ2) is 14.4. The molecule has 0 aliphatic carbocycles. The smallest absolute Gasteiger partial charge is 0.422 e. The van der Waals surface area contributed by atoms with E-state index in [4.69, 9.17) is 4.74 Å². The van der Waals surface area contributed by atoms with E-state index in [0.29, 0.717) is 35.0 Å². The summed E-state index contributed by atoms with van der Waals surface area (Å²) in [7, 11) is 1.42. The lowest BCUT2D eigenvalue weighted by Crippen LogP contribution is -2.19. The molecule has 228 valence electrons. The zero-order valence-electron chi connectivity index (χ0n) is 22.5. The standard InChI is InChI=1S/C14H12F4N2O.C14H11F3N2O3/c1-2-9-5-11(13(15)20-6-9)10-3-4-12(19-7-10)21-8-14(16,17)18;1-21-13-11(4-9(7-20)5-19-13)10-2-3-12(18-6-10)22-8-14(15,16)17/h3-7H,2,8H2,1H3;2-7H,8H2,1H3. The zero-order chi connectivity index (χ0) is 31.6. The lowest BCUT2D eigenvalue weighted by molar-refractivity contribution is -0.154. The van der Waals surface area contributed by atoms with E-state index in [1.54, 1.807) is 12.1 Å². The SMILES string of the molecule is CCc1cnc(F)c(-c2ccc(OCC(F)(F)F)nc2)c1.COc1ncc(C=O)cc1-c1ccc(OCC(F)(F)F)nc1. The number of hydrogen-bond donors (Lipinski definition) is 0. The Balaban J connectivity index is 0.000000236. The molecule has 0 saturated carbocycles. The van der Waals surface area contributed by atoms with E-state index in [0.717, 1.165) is 5.56 Å². The van der Waals surface area contributed by atoms with Gasteiger partial charge >= 0.3 is 12.4 Å². The van der Waals surface area contributed by atoms with E-state index in [2.05, 4.69) is 29.4 Å². The van der Waals surface area contributed by atoms with Crippen molar-refractivity contribution in [3.8, 4) is 39.9 Å². The molecule has 0 radical (unpaired) electrons. The van der Waals surface area contributed by atoms with Crippen LogP contribution in [0.15, 0.2) is 61.2 Å². The third-order valence-electron chi connectivity index (χ3n) is 5.37. The molecule has 0 aromatic carbocycles. The van der Waals surface area contributed by atoms with E-state index in [1.165, 1.54) is 56.2 Å². The van der Waals surface area contributed by atoms with Gasteiger partial charge in [0.2, 0.25) is 23.6 Å². The number of alkyl halides is 6. The Labute approximate surface area is 240 Å². The molecule has 0 unspecified atom stereocenters. The van der Waals surface area contributed by atoms with Crippen LogP contribution >= 0.6 is 0 Å². The summed E-state index contributed by atoms with van der Waals surface area (Å²) in [5.41, 5.74) is 2.91. The van der Waals surface area contributed by atoms with E-state index in [1.807, 2.05) is 6.92 Å². The fourth-order valence-electron chi connectivity index (χ4n) is 3.35. The molecular formula is C28H23F7N4O4. The van der Waals surface area contributed by atoms with Gasteiger partial charge in [0.25, 0.3) is 0 Å². The minimum atomic E-state index is -4.42. The second-order valence-corrected chi connectivity index (χ2v) is 8.56. The molecule has 0 bridgehead atoms. The van der Waals surface area contributed by atoms with Crippen molar-refractivity contribution in [3.05, 3.63) is 78.3 Å². The van der Waals surface area contributed by atoms with Gasteiger partial charge in [-0.05, 0) is 36.2 Å². The molecule has 0 aliphatic rings. The van der Waals surface area contributed by atoms with Crippen LogP contribution < -0.4 is 14.2 Å². The highest BCUT2D eigenvalue weighted by Crippen LogP contribution is 2.29. The van der Waals surface area contributed by atoms with Crippen LogP contribution in [0.2, 0.25) is 0 Å². The number of hydrogen-bond acceptors (Lipinski definition) is 8. The number of halogens is 7. The highest BCUT2D eigenvalue weighted by Gasteiger charge is 2.29. The number of aryl methyl sites for hydroxylation is 1. The van der Waals surface area contributed by atoms with Gasteiger partial charge in [0.1, 0.15) is 0 Å². The predicted molar refractivity (Wildman–Crippen MR) is 139 cm³/mol. The number of aldehydes is 1.